The molecule has 2 aromatic carbocycles. The Hall–Kier alpha value is -3.42. The van der Waals surface area contributed by atoms with Gasteiger partial charge in [-0.2, -0.15) is 0 Å². The number of carbonyl (C=O) groups excluding carboxylic acids is 1. The third-order valence-electron chi connectivity index (χ3n) is 3.62. The van der Waals surface area contributed by atoms with Gasteiger partial charge >= 0.3 is 6.03 Å². The molecule has 0 fully saturated rings. The summed E-state index contributed by atoms with van der Waals surface area (Å²) in [6, 6.07) is 11.4. The zero-order valence-corrected chi connectivity index (χ0v) is 12.8. The van der Waals surface area contributed by atoms with Crippen LogP contribution in [0, 0.1) is 17.0 Å². The van der Waals surface area contributed by atoms with Gasteiger partial charge in [0, 0.05) is 11.5 Å². The SMILES string of the molecule is Cc1c(NC(=O)NCc2noc3ccccc23)cccc1[N+](=O)[O-]. The highest BCUT2D eigenvalue weighted by molar-refractivity contribution is 5.91. The lowest BCUT2D eigenvalue weighted by Crippen LogP contribution is -2.28. The van der Waals surface area contributed by atoms with Gasteiger partial charge in [-0.3, -0.25) is 10.1 Å². The predicted octanol–water partition coefficient (Wildman–Crippen LogP) is 3.37. The maximum absolute atomic E-state index is 12.0. The number of amides is 2. The minimum atomic E-state index is -0.486. The average molecular weight is 326 g/mol. The summed E-state index contributed by atoms with van der Waals surface area (Å²) < 4.78 is 5.16. The largest absolute Gasteiger partial charge is 0.356 e. The molecule has 1 heterocycles. The first-order valence-corrected chi connectivity index (χ1v) is 7.18. The zero-order valence-electron chi connectivity index (χ0n) is 12.8. The Bertz CT molecular complexity index is 919. The molecular weight excluding hydrogens is 312 g/mol. The Morgan fingerprint density at radius 1 is 1.25 bits per heavy atom. The zero-order chi connectivity index (χ0) is 17.1. The lowest BCUT2D eigenvalue weighted by atomic mass is 10.1. The normalized spacial score (nSPS) is 10.5. The Morgan fingerprint density at radius 3 is 2.83 bits per heavy atom. The summed E-state index contributed by atoms with van der Waals surface area (Å²) in [5.74, 6) is 0. The molecule has 0 saturated carbocycles. The summed E-state index contributed by atoms with van der Waals surface area (Å²) >= 11 is 0. The fourth-order valence-corrected chi connectivity index (χ4v) is 2.35. The standard InChI is InChI=1S/C16H14N4O4/c1-10-12(6-4-7-14(10)20(22)23)18-16(21)17-9-13-11-5-2-3-8-15(11)24-19-13/h2-8H,9H2,1H3,(H2,17,18,21). The number of nitro groups is 1. The lowest BCUT2D eigenvalue weighted by Gasteiger charge is -2.09. The van der Waals surface area contributed by atoms with Gasteiger partial charge in [-0.25, -0.2) is 4.79 Å². The average Bonchev–Trinajstić information content (AvgIpc) is 2.98. The van der Waals surface area contributed by atoms with Crippen molar-refractivity contribution in [2.75, 3.05) is 5.32 Å². The fraction of sp³-hybridized carbons (Fsp3) is 0.125. The highest BCUT2D eigenvalue weighted by atomic mass is 16.6. The van der Waals surface area contributed by atoms with Crippen LogP contribution in [0.25, 0.3) is 11.0 Å². The van der Waals surface area contributed by atoms with Crippen LogP contribution >= 0.6 is 0 Å². The number of fused-ring (bicyclic) bond motifs is 1. The minimum Gasteiger partial charge on any atom is -0.356 e. The summed E-state index contributed by atoms with van der Waals surface area (Å²) in [7, 11) is 0. The number of nitrogens with one attached hydrogen (secondary N) is 2. The third kappa shape index (κ3) is 3.02. The van der Waals surface area contributed by atoms with Crippen LogP contribution in [-0.2, 0) is 6.54 Å². The molecule has 0 aliphatic rings. The van der Waals surface area contributed by atoms with Crippen molar-refractivity contribution < 1.29 is 14.2 Å². The van der Waals surface area contributed by atoms with E-state index in [4.69, 9.17) is 4.52 Å². The minimum absolute atomic E-state index is 0.0460. The van der Waals surface area contributed by atoms with Gasteiger partial charge in [-0.05, 0) is 25.1 Å². The van der Waals surface area contributed by atoms with Crippen LogP contribution in [0.3, 0.4) is 0 Å². The Balaban J connectivity index is 1.68. The molecule has 0 saturated heterocycles. The van der Waals surface area contributed by atoms with Crippen molar-refractivity contribution in [3.63, 3.8) is 0 Å². The monoisotopic (exact) mass is 326 g/mol. The third-order valence-corrected chi connectivity index (χ3v) is 3.62. The van der Waals surface area contributed by atoms with E-state index in [1.165, 1.54) is 12.1 Å². The Labute approximate surface area is 136 Å². The topological polar surface area (TPSA) is 110 Å². The number of rotatable bonds is 4. The highest BCUT2D eigenvalue weighted by Gasteiger charge is 2.15. The lowest BCUT2D eigenvalue weighted by molar-refractivity contribution is -0.385. The van der Waals surface area contributed by atoms with Crippen molar-refractivity contribution in [1.29, 1.82) is 0 Å². The maximum Gasteiger partial charge on any atom is 0.319 e. The molecule has 8 nitrogen and oxygen atoms in total. The molecule has 24 heavy (non-hydrogen) atoms. The highest BCUT2D eigenvalue weighted by Crippen LogP contribution is 2.25. The molecule has 122 valence electrons. The van der Waals surface area contributed by atoms with E-state index in [1.807, 2.05) is 18.2 Å². The smallest absolute Gasteiger partial charge is 0.319 e. The van der Waals surface area contributed by atoms with Gasteiger partial charge in [-0.1, -0.05) is 23.4 Å². The van der Waals surface area contributed by atoms with E-state index < -0.39 is 11.0 Å². The van der Waals surface area contributed by atoms with Crippen LogP contribution in [0.4, 0.5) is 16.2 Å². The molecule has 2 amide bonds. The fourth-order valence-electron chi connectivity index (χ4n) is 2.35. The summed E-state index contributed by atoms with van der Waals surface area (Å²) in [4.78, 5) is 22.5. The maximum atomic E-state index is 12.0. The number of aromatic nitrogens is 1. The van der Waals surface area contributed by atoms with E-state index in [2.05, 4.69) is 15.8 Å². The molecule has 3 rings (SSSR count). The van der Waals surface area contributed by atoms with Crippen molar-refractivity contribution in [1.82, 2.24) is 10.5 Å². The van der Waals surface area contributed by atoms with Crippen molar-refractivity contribution >= 4 is 28.4 Å². The quantitative estimate of drug-likeness (QED) is 0.564. The second-order valence-electron chi connectivity index (χ2n) is 5.14. The van der Waals surface area contributed by atoms with Crippen LogP contribution in [0.2, 0.25) is 0 Å². The van der Waals surface area contributed by atoms with Crippen LogP contribution in [-0.4, -0.2) is 16.1 Å². The summed E-state index contributed by atoms with van der Waals surface area (Å²) in [5.41, 5.74) is 1.98. The molecule has 0 bridgehead atoms. The molecule has 8 heteroatoms. The number of nitro benzene ring substituents is 1. The van der Waals surface area contributed by atoms with Crippen LogP contribution in [0.1, 0.15) is 11.3 Å². The van der Waals surface area contributed by atoms with Gasteiger partial charge < -0.3 is 15.2 Å². The molecule has 0 atom stereocenters. The van der Waals surface area contributed by atoms with Crippen LogP contribution in [0.5, 0.6) is 0 Å². The molecular formula is C16H14N4O4. The first-order chi connectivity index (χ1) is 11.6. The van der Waals surface area contributed by atoms with Crippen molar-refractivity contribution in [3.8, 4) is 0 Å². The van der Waals surface area contributed by atoms with E-state index >= 15 is 0 Å². The Morgan fingerprint density at radius 2 is 2.04 bits per heavy atom. The summed E-state index contributed by atoms with van der Waals surface area (Å²) in [5, 5.41) is 20.9. The van der Waals surface area contributed by atoms with E-state index in [0.29, 0.717) is 22.5 Å². The van der Waals surface area contributed by atoms with E-state index in [0.717, 1.165) is 5.39 Å². The van der Waals surface area contributed by atoms with Crippen molar-refractivity contribution in [2.24, 2.45) is 0 Å². The summed E-state index contributed by atoms with van der Waals surface area (Å²) in [6.45, 7) is 1.76. The van der Waals surface area contributed by atoms with Gasteiger partial charge in [-0.15, -0.1) is 0 Å². The number of urea groups is 1. The summed E-state index contributed by atoms with van der Waals surface area (Å²) in [6.07, 6.45) is 0. The molecule has 0 spiro atoms. The number of hydrogen-bond donors (Lipinski definition) is 2. The van der Waals surface area contributed by atoms with Crippen LogP contribution < -0.4 is 10.6 Å². The molecule has 0 aliphatic heterocycles. The number of anilines is 1. The van der Waals surface area contributed by atoms with Gasteiger partial charge in [0.1, 0.15) is 5.69 Å². The molecule has 3 aromatic rings. The molecule has 2 N–H and O–H groups in total. The predicted molar refractivity (Wildman–Crippen MR) is 87.7 cm³/mol. The molecule has 0 radical (unpaired) electrons. The first kappa shape index (κ1) is 15.5. The molecule has 0 aliphatic carbocycles. The van der Waals surface area contributed by atoms with E-state index in [-0.39, 0.29) is 12.2 Å². The number of benzene rings is 2. The van der Waals surface area contributed by atoms with Crippen molar-refractivity contribution in [3.05, 3.63) is 63.8 Å². The van der Waals surface area contributed by atoms with Gasteiger partial charge in [0.15, 0.2) is 5.58 Å². The molecule has 1 aromatic heterocycles. The van der Waals surface area contributed by atoms with E-state index in [9.17, 15) is 14.9 Å². The van der Waals surface area contributed by atoms with Crippen LogP contribution in [0.15, 0.2) is 47.0 Å². The van der Waals surface area contributed by atoms with Gasteiger partial charge in [0.25, 0.3) is 5.69 Å². The van der Waals surface area contributed by atoms with Crippen molar-refractivity contribution in [2.45, 2.75) is 13.5 Å². The second-order valence-corrected chi connectivity index (χ2v) is 5.14. The Kier molecular flexibility index (Phi) is 4.11. The second kappa shape index (κ2) is 6.37. The van der Waals surface area contributed by atoms with Gasteiger partial charge in [0.05, 0.1) is 22.7 Å². The molecule has 0 unspecified atom stereocenters. The number of para-hydroxylation sites is 1. The number of carbonyl (C=O) groups is 1. The first-order valence-electron chi connectivity index (χ1n) is 7.18. The number of hydrogen-bond acceptors (Lipinski definition) is 5. The number of nitrogens with zero attached hydrogens (tertiary/aromatic N) is 2. The van der Waals surface area contributed by atoms with Gasteiger partial charge in [0.2, 0.25) is 0 Å². The van der Waals surface area contributed by atoms with E-state index in [1.54, 1.807) is 19.1 Å².